The van der Waals surface area contributed by atoms with Gasteiger partial charge in [-0.05, 0) is 60.7 Å². The van der Waals surface area contributed by atoms with E-state index in [1.807, 2.05) is 26.0 Å². The summed E-state index contributed by atoms with van der Waals surface area (Å²) in [5, 5.41) is -0.332. The molecule has 0 saturated heterocycles. The summed E-state index contributed by atoms with van der Waals surface area (Å²) >= 11 is 10.0. The Morgan fingerprint density at radius 2 is 1.68 bits per heavy atom. The van der Waals surface area contributed by atoms with Crippen molar-refractivity contribution < 1.29 is 4.39 Å². The molecule has 0 saturated carbocycles. The van der Waals surface area contributed by atoms with Gasteiger partial charge in [-0.2, -0.15) is 0 Å². The van der Waals surface area contributed by atoms with Crippen LogP contribution in [0.4, 0.5) is 4.39 Å². The van der Waals surface area contributed by atoms with E-state index in [1.165, 1.54) is 6.07 Å². The summed E-state index contributed by atoms with van der Waals surface area (Å²) in [7, 11) is 0. The highest BCUT2D eigenvalue weighted by Crippen LogP contribution is 2.34. The van der Waals surface area contributed by atoms with Crippen molar-refractivity contribution in [2.75, 3.05) is 0 Å². The molecule has 2 rings (SSSR count). The molecule has 100 valence electrons. The van der Waals surface area contributed by atoms with E-state index in [9.17, 15) is 4.39 Å². The van der Waals surface area contributed by atoms with Crippen LogP contribution in [0.25, 0.3) is 0 Å². The Hall–Kier alpha value is -0.860. The lowest BCUT2D eigenvalue weighted by Gasteiger charge is -2.15. The van der Waals surface area contributed by atoms with Crippen LogP contribution in [-0.2, 0) is 0 Å². The van der Waals surface area contributed by atoms with Crippen molar-refractivity contribution in [3.05, 3.63) is 68.4 Å². The van der Waals surface area contributed by atoms with E-state index < -0.39 is 0 Å². The van der Waals surface area contributed by atoms with Crippen LogP contribution in [-0.4, -0.2) is 0 Å². The number of rotatable bonds is 2. The van der Waals surface area contributed by atoms with Gasteiger partial charge in [-0.25, -0.2) is 4.39 Å². The molecule has 0 N–H and O–H groups in total. The van der Waals surface area contributed by atoms with Crippen molar-refractivity contribution in [3.63, 3.8) is 0 Å². The van der Waals surface area contributed by atoms with Crippen molar-refractivity contribution in [3.8, 4) is 0 Å². The third kappa shape index (κ3) is 3.01. The predicted molar refractivity (Wildman–Crippen MR) is 82.4 cm³/mol. The maximum atomic E-state index is 13.6. The minimum Gasteiger partial charge on any atom is -0.207 e. The monoisotopic (exact) mass is 340 g/mol. The topological polar surface area (TPSA) is 0 Å². The minimum atomic E-state index is -0.332. The smallest absolute Gasteiger partial charge is 0.126 e. The van der Waals surface area contributed by atoms with E-state index in [1.54, 1.807) is 13.0 Å². The molecular weight excluding hydrogens is 327 g/mol. The number of alkyl halides is 1. The highest BCUT2D eigenvalue weighted by atomic mass is 79.9. The van der Waals surface area contributed by atoms with Crippen molar-refractivity contribution in [1.29, 1.82) is 0 Å². The number of aryl methyl sites for hydroxylation is 3. The Balaban J connectivity index is 2.46. The average Bonchev–Trinajstić information content (AvgIpc) is 2.36. The normalized spacial score (nSPS) is 12.5. The Morgan fingerprint density at radius 3 is 2.32 bits per heavy atom. The lowest BCUT2D eigenvalue weighted by Crippen LogP contribution is -1.99. The molecule has 1 unspecified atom stereocenters. The summed E-state index contributed by atoms with van der Waals surface area (Å²) < 4.78 is 14.7. The second-order valence-electron chi connectivity index (χ2n) is 4.83. The molecule has 19 heavy (non-hydrogen) atoms. The quantitative estimate of drug-likeness (QED) is 0.602. The molecular formula is C16H15BrClF. The molecule has 3 heteroatoms. The first-order valence-electron chi connectivity index (χ1n) is 6.07. The van der Waals surface area contributed by atoms with Gasteiger partial charge in [0.25, 0.3) is 0 Å². The first-order valence-corrected chi connectivity index (χ1v) is 7.30. The van der Waals surface area contributed by atoms with Crippen LogP contribution in [0, 0.1) is 26.6 Å². The largest absolute Gasteiger partial charge is 0.207 e. The second kappa shape index (κ2) is 5.64. The van der Waals surface area contributed by atoms with Gasteiger partial charge < -0.3 is 0 Å². The third-order valence-corrected chi connectivity index (χ3v) is 4.65. The summed E-state index contributed by atoms with van der Waals surface area (Å²) in [6.07, 6.45) is 0. The SMILES string of the molecule is Cc1ccc(C(Cl)c2cc(C)c(Br)cc2C)cc1F. The van der Waals surface area contributed by atoms with Crippen molar-refractivity contribution in [2.45, 2.75) is 26.1 Å². The summed E-state index contributed by atoms with van der Waals surface area (Å²) in [5.41, 5.74) is 4.66. The maximum Gasteiger partial charge on any atom is 0.126 e. The van der Waals surface area contributed by atoms with Crippen molar-refractivity contribution >= 4 is 27.5 Å². The van der Waals surface area contributed by atoms with Crippen LogP contribution in [0.1, 0.15) is 33.2 Å². The molecule has 0 aliphatic heterocycles. The van der Waals surface area contributed by atoms with Gasteiger partial charge in [0, 0.05) is 4.47 Å². The zero-order valence-electron chi connectivity index (χ0n) is 11.1. The van der Waals surface area contributed by atoms with E-state index in [2.05, 4.69) is 22.0 Å². The van der Waals surface area contributed by atoms with Crippen LogP contribution < -0.4 is 0 Å². The number of benzene rings is 2. The van der Waals surface area contributed by atoms with E-state index in [0.717, 1.165) is 26.7 Å². The van der Waals surface area contributed by atoms with Gasteiger partial charge in [0.2, 0.25) is 0 Å². The summed E-state index contributed by atoms with van der Waals surface area (Å²) in [5.74, 6) is -0.213. The van der Waals surface area contributed by atoms with E-state index >= 15 is 0 Å². The number of hydrogen-bond donors (Lipinski definition) is 0. The molecule has 0 aromatic heterocycles. The van der Waals surface area contributed by atoms with E-state index in [4.69, 9.17) is 11.6 Å². The second-order valence-corrected chi connectivity index (χ2v) is 6.12. The van der Waals surface area contributed by atoms with E-state index in [-0.39, 0.29) is 11.2 Å². The van der Waals surface area contributed by atoms with Crippen LogP contribution in [0.5, 0.6) is 0 Å². The molecule has 0 nitrogen and oxygen atoms in total. The molecule has 0 amide bonds. The van der Waals surface area contributed by atoms with Crippen molar-refractivity contribution in [1.82, 2.24) is 0 Å². The fourth-order valence-corrected chi connectivity index (χ4v) is 2.85. The maximum absolute atomic E-state index is 13.6. The Labute approximate surface area is 126 Å². The van der Waals surface area contributed by atoms with Gasteiger partial charge in [-0.15, -0.1) is 11.6 Å². The first-order chi connectivity index (χ1) is 8.90. The molecule has 0 bridgehead atoms. The standard InChI is InChI=1S/C16H15BrClF/c1-9-4-5-12(8-15(9)19)16(18)13-6-11(3)14(17)7-10(13)2/h4-8,16H,1-3H3. The number of halogens is 3. The highest BCUT2D eigenvalue weighted by molar-refractivity contribution is 9.10. The van der Waals surface area contributed by atoms with Gasteiger partial charge in [-0.1, -0.05) is 34.1 Å². The van der Waals surface area contributed by atoms with Gasteiger partial charge in [0.05, 0.1) is 5.38 Å². The lowest BCUT2D eigenvalue weighted by atomic mass is 9.97. The molecule has 0 heterocycles. The van der Waals surface area contributed by atoms with Gasteiger partial charge in [-0.3, -0.25) is 0 Å². The summed E-state index contributed by atoms with van der Waals surface area (Å²) in [6.45, 7) is 5.78. The van der Waals surface area contributed by atoms with E-state index in [0.29, 0.717) is 5.56 Å². The average molecular weight is 342 g/mol. The van der Waals surface area contributed by atoms with Crippen LogP contribution in [0.15, 0.2) is 34.8 Å². The molecule has 0 fully saturated rings. The highest BCUT2D eigenvalue weighted by Gasteiger charge is 2.15. The first kappa shape index (κ1) is 14.5. The number of hydrogen-bond acceptors (Lipinski definition) is 0. The summed E-state index contributed by atoms with van der Waals surface area (Å²) in [4.78, 5) is 0. The van der Waals surface area contributed by atoms with Gasteiger partial charge in [0.15, 0.2) is 0 Å². The molecule has 0 aliphatic carbocycles. The molecule has 2 aromatic carbocycles. The molecule has 0 spiro atoms. The van der Waals surface area contributed by atoms with Crippen LogP contribution >= 0.6 is 27.5 Å². The molecule has 1 atom stereocenters. The lowest BCUT2D eigenvalue weighted by molar-refractivity contribution is 0.616. The Kier molecular flexibility index (Phi) is 4.32. The fourth-order valence-electron chi connectivity index (χ4n) is 2.02. The zero-order chi connectivity index (χ0) is 14.2. The Morgan fingerprint density at radius 1 is 1.00 bits per heavy atom. The molecule has 0 radical (unpaired) electrons. The van der Waals surface area contributed by atoms with Crippen molar-refractivity contribution in [2.24, 2.45) is 0 Å². The zero-order valence-corrected chi connectivity index (χ0v) is 13.4. The Bertz CT molecular complexity index is 622. The fraction of sp³-hybridized carbons (Fsp3) is 0.250. The van der Waals surface area contributed by atoms with Gasteiger partial charge >= 0.3 is 0 Å². The van der Waals surface area contributed by atoms with Crippen LogP contribution in [0.3, 0.4) is 0 Å². The minimum absolute atomic E-state index is 0.213. The molecule has 0 aliphatic rings. The van der Waals surface area contributed by atoms with Gasteiger partial charge in [0.1, 0.15) is 5.82 Å². The summed E-state index contributed by atoms with van der Waals surface area (Å²) in [6, 6.07) is 9.26. The predicted octanol–water partition coefficient (Wildman–Crippen LogP) is 5.84. The van der Waals surface area contributed by atoms with Crippen LogP contribution in [0.2, 0.25) is 0 Å². The molecule has 2 aromatic rings. The third-order valence-electron chi connectivity index (χ3n) is 3.31.